The van der Waals surface area contributed by atoms with Crippen molar-refractivity contribution in [3.63, 3.8) is 0 Å². The topological polar surface area (TPSA) is 51.2 Å². The Morgan fingerprint density at radius 1 is 0.865 bits per heavy atom. The number of hydrogen-bond acceptors (Lipinski definition) is 4. The zero-order valence-corrected chi connectivity index (χ0v) is 21.5. The van der Waals surface area contributed by atoms with Gasteiger partial charge < -0.3 is 4.90 Å². The molecule has 3 aromatic heterocycles. The van der Waals surface area contributed by atoms with E-state index >= 15 is 0 Å². The van der Waals surface area contributed by atoms with Crippen LogP contribution in [0.1, 0.15) is 54.7 Å². The van der Waals surface area contributed by atoms with Gasteiger partial charge in [-0.05, 0) is 81.1 Å². The molecular formula is C31H34N6. The van der Waals surface area contributed by atoms with Crippen LogP contribution in [-0.4, -0.2) is 48.9 Å². The van der Waals surface area contributed by atoms with E-state index in [1.807, 2.05) is 33.6 Å². The Balaban J connectivity index is 1.15. The second-order valence-electron chi connectivity index (χ2n) is 10.2. The van der Waals surface area contributed by atoms with Crippen LogP contribution < -0.4 is 0 Å². The first kappa shape index (κ1) is 23.6. The third-order valence-corrected chi connectivity index (χ3v) is 7.50. The van der Waals surface area contributed by atoms with E-state index in [1.165, 1.54) is 55.6 Å². The van der Waals surface area contributed by atoms with E-state index in [0.717, 1.165) is 35.6 Å². The van der Waals surface area contributed by atoms with Gasteiger partial charge >= 0.3 is 0 Å². The highest BCUT2D eigenvalue weighted by molar-refractivity contribution is 5.61. The lowest BCUT2D eigenvalue weighted by molar-refractivity contribution is 0.334. The van der Waals surface area contributed by atoms with Crippen LogP contribution in [0.4, 0.5) is 0 Å². The smallest absolute Gasteiger partial charge is 0.156 e. The molecule has 0 radical (unpaired) electrons. The lowest BCUT2D eigenvalue weighted by Crippen LogP contribution is -2.20. The van der Waals surface area contributed by atoms with Gasteiger partial charge in [-0.3, -0.25) is 4.68 Å². The molecule has 5 aromatic rings. The van der Waals surface area contributed by atoms with Gasteiger partial charge in [-0.15, -0.1) is 0 Å². The Kier molecular flexibility index (Phi) is 6.82. The summed E-state index contributed by atoms with van der Waals surface area (Å²) >= 11 is 0. The summed E-state index contributed by atoms with van der Waals surface area (Å²) in [5.41, 5.74) is 6.77. The van der Waals surface area contributed by atoms with Crippen LogP contribution >= 0.6 is 0 Å². The number of pyridine rings is 1. The molecule has 1 unspecified atom stereocenters. The van der Waals surface area contributed by atoms with Crippen molar-refractivity contribution in [1.82, 2.24) is 29.3 Å². The zero-order valence-electron chi connectivity index (χ0n) is 21.5. The molecule has 4 heterocycles. The molecule has 1 aliphatic heterocycles. The molecule has 0 saturated carbocycles. The van der Waals surface area contributed by atoms with E-state index < -0.39 is 0 Å². The first-order valence-corrected chi connectivity index (χ1v) is 13.5. The summed E-state index contributed by atoms with van der Waals surface area (Å²) in [6.45, 7) is 5.95. The standard InChI is InChI=1S/C31H34N6/c1-24(27-10-3-2-4-11-27)36-23-28(22-32-36)29-12-7-13-31-33-30(34-37(29)31)21-26-16-14-25(15-17-26)9-8-20-35-18-5-6-19-35/h2-4,7,10-17,22-24H,5-6,8-9,18-21H2,1H3. The first-order valence-electron chi connectivity index (χ1n) is 13.5. The first-order chi connectivity index (χ1) is 18.2. The zero-order chi connectivity index (χ0) is 25.0. The molecule has 1 aliphatic rings. The quantitative estimate of drug-likeness (QED) is 0.261. The highest BCUT2D eigenvalue weighted by Crippen LogP contribution is 2.24. The fourth-order valence-corrected chi connectivity index (χ4v) is 5.33. The molecule has 1 saturated heterocycles. The average Bonchev–Trinajstić information content (AvgIpc) is 3.71. The van der Waals surface area contributed by atoms with Gasteiger partial charge in [0.2, 0.25) is 0 Å². The summed E-state index contributed by atoms with van der Waals surface area (Å²) in [4.78, 5) is 7.41. The maximum Gasteiger partial charge on any atom is 0.156 e. The summed E-state index contributed by atoms with van der Waals surface area (Å²) in [6, 6.07) is 25.7. The number of rotatable bonds is 9. The molecule has 0 N–H and O–H groups in total. The molecule has 0 amide bonds. The average molecular weight is 491 g/mol. The van der Waals surface area contributed by atoms with E-state index in [2.05, 4.69) is 77.7 Å². The molecule has 0 spiro atoms. The van der Waals surface area contributed by atoms with E-state index in [0.29, 0.717) is 0 Å². The van der Waals surface area contributed by atoms with Gasteiger partial charge in [0.15, 0.2) is 11.5 Å². The van der Waals surface area contributed by atoms with Crippen molar-refractivity contribution in [3.8, 4) is 11.3 Å². The van der Waals surface area contributed by atoms with Crippen molar-refractivity contribution in [2.45, 2.75) is 45.1 Å². The van der Waals surface area contributed by atoms with Gasteiger partial charge in [-0.25, -0.2) is 9.50 Å². The van der Waals surface area contributed by atoms with Gasteiger partial charge in [0.1, 0.15) is 0 Å². The van der Waals surface area contributed by atoms with Gasteiger partial charge in [0.05, 0.1) is 17.9 Å². The number of hydrogen-bond donors (Lipinski definition) is 0. The van der Waals surface area contributed by atoms with Crippen molar-refractivity contribution in [3.05, 3.63) is 108 Å². The van der Waals surface area contributed by atoms with Crippen molar-refractivity contribution in [1.29, 1.82) is 0 Å². The van der Waals surface area contributed by atoms with E-state index in [-0.39, 0.29) is 6.04 Å². The third kappa shape index (κ3) is 5.35. The molecule has 6 heteroatoms. The molecule has 1 atom stereocenters. The lowest BCUT2D eigenvalue weighted by atomic mass is 10.1. The minimum Gasteiger partial charge on any atom is -0.303 e. The van der Waals surface area contributed by atoms with Crippen LogP contribution in [-0.2, 0) is 12.8 Å². The largest absolute Gasteiger partial charge is 0.303 e. The van der Waals surface area contributed by atoms with Crippen molar-refractivity contribution in [2.75, 3.05) is 19.6 Å². The predicted molar refractivity (Wildman–Crippen MR) is 148 cm³/mol. The SMILES string of the molecule is CC(c1ccccc1)n1cc(-c2cccc3nc(Cc4ccc(CCCN5CCCC5)cc4)nn23)cn1. The second kappa shape index (κ2) is 10.7. The Morgan fingerprint density at radius 3 is 2.46 bits per heavy atom. The molecule has 188 valence electrons. The van der Waals surface area contributed by atoms with Gasteiger partial charge in [0.25, 0.3) is 0 Å². The fraction of sp³-hybridized carbons (Fsp3) is 0.323. The van der Waals surface area contributed by atoms with Crippen molar-refractivity contribution < 1.29 is 0 Å². The van der Waals surface area contributed by atoms with Crippen LogP contribution in [0.15, 0.2) is 85.2 Å². The lowest BCUT2D eigenvalue weighted by Gasteiger charge is -2.13. The Labute approximate surface area is 218 Å². The summed E-state index contributed by atoms with van der Waals surface area (Å²) in [5.74, 6) is 0.833. The molecule has 0 aliphatic carbocycles. The normalized spacial score (nSPS) is 14.9. The third-order valence-electron chi connectivity index (χ3n) is 7.50. The van der Waals surface area contributed by atoms with E-state index in [1.54, 1.807) is 0 Å². The Bertz CT molecular complexity index is 1440. The van der Waals surface area contributed by atoms with Crippen LogP contribution in [0.2, 0.25) is 0 Å². The van der Waals surface area contributed by atoms with Crippen LogP contribution in [0.5, 0.6) is 0 Å². The van der Waals surface area contributed by atoms with Crippen molar-refractivity contribution >= 4 is 5.65 Å². The van der Waals surface area contributed by atoms with Crippen molar-refractivity contribution in [2.24, 2.45) is 0 Å². The summed E-state index contributed by atoms with van der Waals surface area (Å²) in [5, 5.41) is 9.53. The predicted octanol–water partition coefficient (Wildman–Crippen LogP) is 5.82. The maximum atomic E-state index is 4.88. The summed E-state index contributed by atoms with van der Waals surface area (Å²) in [6.07, 6.45) is 9.84. The summed E-state index contributed by atoms with van der Waals surface area (Å²) in [7, 11) is 0. The number of benzene rings is 2. The second-order valence-corrected chi connectivity index (χ2v) is 10.2. The van der Waals surface area contributed by atoms with E-state index in [4.69, 9.17) is 10.1 Å². The van der Waals surface area contributed by atoms with Gasteiger partial charge in [-0.2, -0.15) is 10.2 Å². The van der Waals surface area contributed by atoms with Crippen LogP contribution in [0.3, 0.4) is 0 Å². The minimum atomic E-state index is 0.156. The summed E-state index contributed by atoms with van der Waals surface area (Å²) < 4.78 is 3.95. The number of aryl methyl sites for hydroxylation is 1. The number of fused-ring (bicyclic) bond motifs is 1. The van der Waals surface area contributed by atoms with Crippen LogP contribution in [0, 0.1) is 0 Å². The Hall–Kier alpha value is -3.77. The van der Waals surface area contributed by atoms with Gasteiger partial charge in [0, 0.05) is 18.2 Å². The number of aromatic nitrogens is 5. The van der Waals surface area contributed by atoms with Gasteiger partial charge in [-0.1, -0.05) is 60.7 Å². The molecule has 1 fully saturated rings. The highest BCUT2D eigenvalue weighted by Gasteiger charge is 2.14. The fourth-order valence-electron chi connectivity index (χ4n) is 5.33. The minimum absolute atomic E-state index is 0.156. The molecular weight excluding hydrogens is 456 g/mol. The number of likely N-dealkylation sites (tertiary alicyclic amines) is 1. The number of nitrogens with zero attached hydrogens (tertiary/aromatic N) is 6. The molecule has 2 aromatic carbocycles. The highest BCUT2D eigenvalue weighted by atomic mass is 15.3. The molecule has 6 rings (SSSR count). The monoisotopic (exact) mass is 490 g/mol. The Morgan fingerprint density at radius 2 is 1.65 bits per heavy atom. The molecule has 0 bridgehead atoms. The van der Waals surface area contributed by atoms with Crippen LogP contribution in [0.25, 0.3) is 16.9 Å². The molecule has 37 heavy (non-hydrogen) atoms. The molecule has 6 nitrogen and oxygen atoms in total. The maximum absolute atomic E-state index is 4.88. The van der Waals surface area contributed by atoms with E-state index in [9.17, 15) is 0 Å².